The molecule has 1 heterocycles. The minimum atomic E-state index is -0.454. The fraction of sp³-hybridized carbons (Fsp3) is 0.667. The molecule has 0 spiro atoms. The number of carbonyl (C=O) groups is 2. The molecule has 1 aliphatic rings. The Morgan fingerprint density at radius 3 is 2.40 bits per heavy atom. The Bertz CT molecular complexity index is 179. The van der Waals surface area contributed by atoms with E-state index in [1.165, 1.54) is 5.01 Å². The van der Waals surface area contributed by atoms with E-state index in [0.717, 1.165) is 0 Å². The summed E-state index contributed by atoms with van der Waals surface area (Å²) in [6.07, 6.45) is 0.578. The van der Waals surface area contributed by atoms with Gasteiger partial charge in [-0.1, -0.05) is 6.92 Å². The molecule has 0 bridgehead atoms. The first-order valence-corrected chi connectivity index (χ1v) is 3.25. The number of rotatable bonds is 1. The largest absolute Gasteiger partial charge is 0.272 e. The first-order chi connectivity index (χ1) is 4.66. The molecule has 1 saturated heterocycles. The average molecular weight is 142 g/mol. The van der Waals surface area contributed by atoms with Crippen LogP contribution in [0.2, 0.25) is 0 Å². The molecule has 0 aromatic rings. The van der Waals surface area contributed by atoms with Crippen LogP contribution in [0.4, 0.5) is 0 Å². The second-order valence-corrected chi connectivity index (χ2v) is 2.33. The molecule has 56 valence electrons. The lowest BCUT2D eigenvalue weighted by molar-refractivity contribution is -0.131. The van der Waals surface area contributed by atoms with Crippen LogP contribution in [0.25, 0.3) is 0 Å². The molecule has 2 amide bonds. The summed E-state index contributed by atoms with van der Waals surface area (Å²) in [4.78, 5) is 21.8. The fourth-order valence-corrected chi connectivity index (χ4v) is 1.00. The molecule has 1 rings (SSSR count). The van der Waals surface area contributed by atoms with E-state index >= 15 is 0 Å². The van der Waals surface area contributed by atoms with Crippen molar-refractivity contribution in [2.75, 3.05) is 7.05 Å². The van der Waals surface area contributed by atoms with E-state index in [4.69, 9.17) is 0 Å². The van der Waals surface area contributed by atoms with Gasteiger partial charge in [-0.25, -0.2) is 0 Å². The lowest BCUT2D eigenvalue weighted by Gasteiger charge is -2.05. The van der Waals surface area contributed by atoms with E-state index in [1.54, 1.807) is 7.05 Å². The number of hydrogen-bond acceptors (Lipinski definition) is 2. The second-order valence-electron chi connectivity index (χ2n) is 2.33. The molecule has 10 heavy (non-hydrogen) atoms. The van der Waals surface area contributed by atoms with Crippen molar-refractivity contribution in [2.45, 2.75) is 13.3 Å². The molecule has 4 nitrogen and oxygen atoms in total. The summed E-state index contributed by atoms with van der Waals surface area (Å²) < 4.78 is 0. The van der Waals surface area contributed by atoms with Crippen LogP contribution in [0.15, 0.2) is 0 Å². The molecular weight excluding hydrogens is 132 g/mol. The van der Waals surface area contributed by atoms with Crippen molar-refractivity contribution in [2.24, 2.45) is 5.92 Å². The van der Waals surface area contributed by atoms with Gasteiger partial charge in [0.2, 0.25) is 0 Å². The van der Waals surface area contributed by atoms with Crippen LogP contribution in [0.3, 0.4) is 0 Å². The standard InChI is InChI=1S/C6H10N2O2/c1-3-4-5(9)7-8(2)6(4)10/h4H,3H2,1-2H3,(H,7,9). The lowest BCUT2D eigenvalue weighted by atomic mass is 10.1. The van der Waals surface area contributed by atoms with Crippen LogP contribution < -0.4 is 5.43 Å². The van der Waals surface area contributed by atoms with Gasteiger partial charge in [0, 0.05) is 7.05 Å². The molecule has 0 aromatic heterocycles. The summed E-state index contributed by atoms with van der Waals surface area (Å²) in [6, 6.07) is 0. The predicted molar refractivity (Wildman–Crippen MR) is 34.7 cm³/mol. The highest BCUT2D eigenvalue weighted by molar-refractivity contribution is 6.04. The van der Waals surface area contributed by atoms with Gasteiger partial charge in [-0.3, -0.25) is 20.0 Å². The molecule has 0 radical (unpaired) electrons. The zero-order chi connectivity index (χ0) is 7.72. The maximum Gasteiger partial charge on any atom is 0.253 e. The number of amides is 2. The first-order valence-electron chi connectivity index (χ1n) is 3.25. The highest BCUT2D eigenvalue weighted by atomic mass is 16.2. The molecule has 0 aromatic carbocycles. The van der Waals surface area contributed by atoms with Gasteiger partial charge in [0.05, 0.1) is 0 Å². The van der Waals surface area contributed by atoms with E-state index in [2.05, 4.69) is 5.43 Å². The normalized spacial score (nSPS) is 25.4. The topological polar surface area (TPSA) is 49.4 Å². The summed E-state index contributed by atoms with van der Waals surface area (Å²) in [5.74, 6) is -0.771. The van der Waals surface area contributed by atoms with Crippen molar-refractivity contribution < 1.29 is 9.59 Å². The quantitative estimate of drug-likeness (QED) is 0.502. The molecule has 1 atom stereocenters. The van der Waals surface area contributed by atoms with Crippen LogP contribution in [-0.2, 0) is 9.59 Å². The number of hydrazine groups is 1. The van der Waals surface area contributed by atoms with Gasteiger partial charge in [0.15, 0.2) is 0 Å². The highest BCUT2D eigenvalue weighted by Gasteiger charge is 2.35. The molecule has 0 saturated carbocycles. The van der Waals surface area contributed by atoms with Crippen molar-refractivity contribution in [3.8, 4) is 0 Å². The fourth-order valence-electron chi connectivity index (χ4n) is 1.00. The third kappa shape index (κ3) is 0.853. The smallest absolute Gasteiger partial charge is 0.253 e. The SMILES string of the molecule is CCC1C(=O)NN(C)C1=O. The third-order valence-electron chi connectivity index (χ3n) is 1.63. The van der Waals surface area contributed by atoms with Crippen molar-refractivity contribution in [3.63, 3.8) is 0 Å². The van der Waals surface area contributed by atoms with Crippen LogP contribution in [0.5, 0.6) is 0 Å². The van der Waals surface area contributed by atoms with Crippen molar-refractivity contribution >= 4 is 11.8 Å². The van der Waals surface area contributed by atoms with E-state index in [-0.39, 0.29) is 11.8 Å². The second kappa shape index (κ2) is 2.28. The van der Waals surface area contributed by atoms with Gasteiger partial charge < -0.3 is 0 Å². The summed E-state index contributed by atoms with van der Waals surface area (Å²) in [7, 11) is 1.55. The van der Waals surface area contributed by atoms with Gasteiger partial charge in [0.25, 0.3) is 11.8 Å². The summed E-state index contributed by atoms with van der Waals surface area (Å²) in [5.41, 5.74) is 2.41. The Hall–Kier alpha value is -1.06. The van der Waals surface area contributed by atoms with Gasteiger partial charge in [-0.05, 0) is 6.42 Å². The molecule has 1 unspecified atom stereocenters. The average Bonchev–Trinajstić information content (AvgIpc) is 2.09. The molecule has 1 aliphatic heterocycles. The summed E-state index contributed by atoms with van der Waals surface area (Å²) in [6.45, 7) is 1.82. The van der Waals surface area contributed by atoms with Crippen molar-refractivity contribution in [1.82, 2.24) is 10.4 Å². The minimum Gasteiger partial charge on any atom is -0.272 e. The molecule has 4 heteroatoms. The Balaban J connectivity index is 2.74. The van der Waals surface area contributed by atoms with Gasteiger partial charge >= 0.3 is 0 Å². The Morgan fingerprint density at radius 2 is 2.20 bits per heavy atom. The lowest BCUT2D eigenvalue weighted by Crippen LogP contribution is -2.31. The van der Waals surface area contributed by atoms with E-state index in [0.29, 0.717) is 6.42 Å². The first kappa shape index (κ1) is 7.05. The van der Waals surface area contributed by atoms with Gasteiger partial charge in [-0.15, -0.1) is 0 Å². The van der Waals surface area contributed by atoms with E-state index < -0.39 is 5.92 Å². The van der Waals surface area contributed by atoms with Crippen LogP contribution >= 0.6 is 0 Å². The van der Waals surface area contributed by atoms with Crippen LogP contribution in [0, 0.1) is 5.92 Å². The highest BCUT2D eigenvalue weighted by Crippen LogP contribution is 2.11. The van der Waals surface area contributed by atoms with Gasteiger partial charge in [0.1, 0.15) is 5.92 Å². The zero-order valence-electron chi connectivity index (χ0n) is 6.05. The number of nitrogens with one attached hydrogen (secondary N) is 1. The zero-order valence-corrected chi connectivity index (χ0v) is 6.05. The Labute approximate surface area is 59.2 Å². The Morgan fingerprint density at radius 1 is 1.60 bits per heavy atom. The van der Waals surface area contributed by atoms with Gasteiger partial charge in [-0.2, -0.15) is 0 Å². The molecular formula is C6H10N2O2. The van der Waals surface area contributed by atoms with Crippen LogP contribution in [0.1, 0.15) is 13.3 Å². The molecule has 0 aliphatic carbocycles. The minimum absolute atomic E-state index is 0.132. The molecule has 1 N–H and O–H groups in total. The third-order valence-corrected chi connectivity index (χ3v) is 1.63. The summed E-state index contributed by atoms with van der Waals surface area (Å²) >= 11 is 0. The predicted octanol–water partition coefficient (Wildman–Crippen LogP) is -0.484. The number of hydrogen-bond donors (Lipinski definition) is 1. The maximum atomic E-state index is 11.0. The number of nitrogens with zero attached hydrogens (tertiary/aromatic N) is 1. The summed E-state index contributed by atoms with van der Waals surface area (Å²) in [5, 5.41) is 1.23. The van der Waals surface area contributed by atoms with E-state index in [1.807, 2.05) is 6.92 Å². The van der Waals surface area contributed by atoms with Crippen LogP contribution in [-0.4, -0.2) is 23.9 Å². The Kier molecular flexibility index (Phi) is 1.61. The maximum absolute atomic E-state index is 11.0. The van der Waals surface area contributed by atoms with Crippen molar-refractivity contribution in [3.05, 3.63) is 0 Å². The monoisotopic (exact) mass is 142 g/mol. The van der Waals surface area contributed by atoms with Crippen molar-refractivity contribution in [1.29, 1.82) is 0 Å². The van der Waals surface area contributed by atoms with E-state index in [9.17, 15) is 9.59 Å². The number of carbonyl (C=O) groups excluding carboxylic acids is 2. The molecule has 1 fully saturated rings.